The average molecular weight is 244 g/mol. The monoisotopic (exact) mass is 244 g/mol. The van der Waals surface area contributed by atoms with Crippen molar-refractivity contribution in [1.29, 1.82) is 0 Å². The molecule has 1 aromatic carbocycles. The van der Waals surface area contributed by atoms with Gasteiger partial charge in [-0.1, -0.05) is 24.3 Å². The Hall–Kier alpha value is -0.860. The molecule has 98 valence electrons. The van der Waals surface area contributed by atoms with Crippen molar-refractivity contribution < 1.29 is 0 Å². The predicted octanol–water partition coefficient (Wildman–Crippen LogP) is 2.92. The van der Waals surface area contributed by atoms with Crippen LogP contribution >= 0.6 is 0 Å². The minimum Gasteiger partial charge on any atom is -0.310 e. The van der Waals surface area contributed by atoms with Crippen molar-refractivity contribution >= 4 is 0 Å². The fraction of sp³-hybridized carbons (Fsp3) is 0.625. The normalized spacial score (nSPS) is 24.6. The van der Waals surface area contributed by atoms with E-state index in [9.17, 15) is 0 Å². The van der Waals surface area contributed by atoms with Gasteiger partial charge in [-0.05, 0) is 50.3 Å². The van der Waals surface area contributed by atoms with E-state index in [0.717, 1.165) is 25.2 Å². The van der Waals surface area contributed by atoms with E-state index < -0.39 is 0 Å². The molecule has 1 aliphatic heterocycles. The van der Waals surface area contributed by atoms with Crippen LogP contribution in [0.25, 0.3) is 0 Å². The predicted molar refractivity (Wildman–Crippen MR) is 75.4 cm³/mol. The van der Waals surface area contributed by atoms with Crippen molar-refractivity contribution in [2.75, 3.05) is 6.54 Å². The quantitative estimate of drug-likeness (QED) is 0.856. The van der Waals surface area contributed by atoms with Crippen molar-refractivity contribution in [2.45, 2.75) is 57.8 Å². The summed E-state index contributed by atoms with van der Waals surface area (Å²) >= 11 is 0. The molecule has 2 aliphatic rings. The van der Waals surface area contributed by atoms with Crippen LogP contribution in [0.15, 0.2) is 24.3 Å². The van der Waals surface area contributed by atoms with Gasteiger partial charge >= 0.3 is 0 Å². The van der Waals surface area contributed by atoms with E-state index in [1.807, 2.05) is 0 Å². The lowest BCUT2D eigenvalue weighted by Gasteiger charge is -2.21. The third kappa shape index (κ3) is 3.12. The van der Waals surface area contributed by atoms with Crippen LogP contribution in [0.1, 0.15) is 43.7 Å². The maximum absolute atomic E-state index is 3.56. The summed E-state index contributed by atoms with van der Waals surface area (Å²) in [6, 6.07) is 10.7. The lowest BCUT2D eigenvalue weighted by molar-refractivity contribution is 0.260. The fourth-order valence-electron chi connectivity index (χ4n) is 2.77. The Labute approximate surface area is 110 Å². The zero-order valence-corrected chi connectivity index (χ0v) is 11.4. The molecule has 0 amide bonds. The number of likely N-dealkylation sites (tertiary alicyclic amines) is 1. The zero-order chi connectivity index (χ0) is 12.4. The van der Waals surface area contributed by atoms with E-state index in [1.54, 1.807) is 0 Å². The van der Waals surface area contributed by atoms with Gasteiger partial charge in [0, 0.05) is 25.2 Å². The van der Waals surface area contributed by atoms with Crippen LogP contribution in [0.4, 0.5) is 0 Å². The Morgan fingerprint density at radius 2 is 1.83 bits per heavy atom. The third-order valence-corrected chi connectivity index (χ3v) is 4.27. The highest BCUT2D eigenvalue weighted by Crippen LogP contribution is 2.21. The van der Waals surface area contributed by atoms with Crippen LogP contribution in [-0.2, 0) is 13.1 Å². The molecule has 18 heavy (non-hydrogen) atoms. The Morgan fingerprint density at radius 3 is 2.44 bits per heavy atom. The molecule has 0 aromatic heterocycles. The molecule has 1 saturated heterocycles. The highest BCUT2D eigenvalue weighted by Gasteiger charge is 2.20. The van der Waals surface area contributed by atoms with Crippen molar-refractivity contribution in [3.05, 3.63) is 35.4 Å². The van der Waals surface area contributed by atoms with Crippen LogP contribution in [0.2, 0.25) is 0 Å². The van der Waals surface area contributed by atoms with E-state index in [-0.39, 0.29) is 0 Å². The van der Waals surface area contributed by atoms with E-state index in [2.05, 4.69) is 41.4 Å². The van der Waals surface area contributed by atoms with E-state index in [0.29, 0.717) is 0 Å². The van der Waals surface area contributed by atoms with Gasteiger partial charge < -0.3 is 5.32 Å². The molecule has 2 fully saturated rings. The van der Waals surface area contributed by atoms with Gasteiger partial charge in [-0.3, -0.25) is 4.90 Å². The number of nitrogens with one attached hydrogen (secondary N) is 1. The molecule has 1 heterocycles. The van der Waals surface area contributed by atoms with Gasteiger partial charge in [-0.25, -0.2) is 0 Å². The first-order chi connectivity index (χ1) is 8.81. The molecular formula is C16H24N2. The van der Waals surface area contributed by atoms with Crippen molar-refractivity contribution in [1.82, 2.24) is 10.2 Å². The first-order valence-electron chi connectivity index (χ1n) is 7.36. The Bertz CT molecular complexity index is 381. The van der Waals surface area contributed by atoms with Gasteiger partial charge in [-0.15, -0.1) is 0 Å². The van der Waals surface area contributed by atoms with Crippen LogP contribution < -0.4 is 5.32 Å². The third-order valence-electron chi connectivity index (χ3n) is 4.27. The van der Waals surface area contributed by atoms with Gasteiger partial charge in [0.2, 0.25) is 0 Å². The summed E-state index contributed by atoms with van der Waals surface area (Å²) < 4.78 is 0. The summed E-state index contributed by atoms with van der Waals surface area (Å²) in [6.45, 7) is 5.77. The minimum absolute atomic E-state index is 0.765. The first kappa shape index (κ1) is 12.2. The van der Waals surface area contributed by atoms with Crippen molar-refractivity contribution in [3.63, 3.8) is 0 Å². The van der Waals surface area contributed by atoms with Gasteiger partial charge in [-0.2, -0.15) is 0 Å². The second-order valence-corrected chi connectivity index (χ2v) is 5.93. The molecule has 1 unspecified atom stereocenters. The van der Waals surface area contributed by atoms with Crippen molar-refractivity contribution in [3.8, 4) is 0 Å². The largest absolute Gasteiger partial charge is 0.310 e. The number of hydrogen-bond donors (Lipinski definition) is 1. The lowest BCUT2D eigenvalue weighted by Crippen LogP contribution is -2.26. The van der Waals surface area contributed by atoms with E-state index in [1.165, 1.54) is 43.4 Å². The Kier molecular flexibility index (Phi) is 3.67. The molecule has 3 rings (SSSR count). The number of nitrogens with zero attached hydrogens (tertiary/aromatic N) is 1. The molecule has 2 heteroatoms. The molecule has 1 saturated carbocycles. The van der Waals surface area contributed by atoms with Gasteiger partial charge in [0.1, 0.15) is 0 Å². The van der Waals surface area contributed by atoms with E-state index in [4.69, 9.17) is 0 Å². The molecule has 1 N–H and O–H groups in total. The second-order valence-electron chi connectivity index (χ2n) is 5.93. The minimum atomic E-state index is 0.765. The summed E-state index contributed by atoms with van der Waals surface area (Å²) in [7, 11) is 0. The van der Waals surface area contributed by atoms with Gasteiger partial charge in [0.05, 0.1) is 0 Å². The summed E-state index contributed by atoms with van der Waals surface area (Å²) in [6.07, 6.45) is 5.46. The SMILES string of the molecule is CC1CCCN1Cc1ccc(CNC2CC2)cc1. The highest BCUT2D eigenvalue weighted by molar-refractivity contribution is 5.22. The number of benzene rings is 1. The van der Waals surface area contributed by atoms with Gasteiger partial charge in [0.15, 0.2) is 0 Å². The first-order valence-corrected chi connectivity index (χ1v) is 7.36. The maximum atomic E-state index is 3.56. The fourth-order valence-corrected chi connectivity index (χ4v) is 2.77. The molecule has 0 radical (unpaired) electrons. The average Bonchev–Trinajstić information content (AvgIpc) is 3.13. The number of hydrogen-bond acceptors (Lipinski definition) is 2. The lowest BCUT2D eigenvalue weighted by atomic mass is 10.1. The summed E-state index contributed by atoms with van der Waals surface area (Å²) in [5.41, 5.74) is 2.87. The zero-order valence-electron chi connectivity index (χ0n) is 11.4. The molecular weight excluding hydrogens is 220 g/mol. The molecule has 2 nitrogen and oxygen atoms in total. The Morgan fingerprint density at radius 1 is 1.11 bits per heavy atom. The highest BCUT2D eigenvalue weighted by atomic mass is 15.2. The van der Waals surface area contributed by atoms with Gasteiger partial charge in [0.25, 0.3) is 0 Å². The molecule has 1 atom stereocenters. The Balaban J connectivity index is 1.53. The summed E-state index contributed by atoms with van der Waals surface area (Å²) in [5, 5.41) is 3.56. The number of rotatable bonds is 5. The topological polar surface area (TPSA) is 15.3 Å². The molecule has 0 bridgehead atoms. The van der Waals surface area contributed by atoms with E-state index >= 15 is 0 Å². The van der Waals surface area contributed by atoms with Crippen LogP contribution in [0, 0.1) is 0 Å². The summed E-state index contributed by atoms with van der Waals surface area (Å²) in [4.78, 5) is 2.59. The van der Waals surface area contributed by atoms with Crippen LogP contribution in [0.3, 0.4) is 0 Å². The van der Waals surface area contributed by atoms with Crippen LogP contribution in [-0.4, -0.2) is 23.5 Å². The standard InChI is InChI=1S/C16H24N2/c1-13-3-2-10-18(13)12-15-6-4-14(5-7-15)11-17-16-8-9-16/h4-7,13,16-17H,2-3,8-12H2,1H3. The molecule has 0 spiro atoms. The molecule has 1 aromatic rings. The second kappa shape index (κ2) is 5.41. The molecule has 1 aliphatic carbocycles. The summed E-state index contributed by atoms with van der Waals surface area (Å²) in [5.74, 6) is 0. The van der Waals surface area contributed by atoms with Crippen molar-refractivity contribution in [2.24, 2.45) is 0 Å². The maximum Gasteiger partial charge on any atom is 0.0236 e. The smallest absolute Gasteiger partial charge is 0.0236 e. The van der Waals surface area contributed by atoms with Crippen LogP contribution in [0.5, 0.6) is 0 Å².